The zero-order valence-electron chi connectivity index (χ0n) is 14.5. The van der Waals surface area contributed by atoms with Crippen molar-refractivity contribution in [2.24, 2.45) is 0 Å². The molecule has 28 heavy (non-hydrogen) atoms. The highest BCUT2D eigenvalue weighted by molar-refractivity contribution is 9.13. The molecule has 0 atom stereocenters. The van der Waals surface area contributed by atoms with E-state index in [1.54, 1.807) is 6.07 Å². The molecule has 0 aliphatic carbocycles. The normalized spacial score (nSPS) is 13.7. The lowest BCUT2D eigenvalue weighted by molar-refractivity contribution is -0.123. The van der Waals surface area contributed by atoms with Gasteiger partial charge in [-0.3, -0.25) is 20.2 Å². The molecular formula is C19H14Br2N2O4S. The minimum atomic E-state index is -0.569. The van der Waals surface area contributed by atoms with E-state index in [-0.39, 0.29) is 10.7 Å². The Morgan fingerprint density at radius 3 is 2.32 bits per heavy atom. The van der Waals surface area contributed by atoms with E-state index in [0.717, 1.165) is 5.56 Å². The fourth-order valence-corrected chi connectivity index (χ4v) is 3.62. The minimum Gasteiger partial charge on any atom is -0.493 e. The first-order valence-electron chi connectivity index (χ1n) is 8.01. The largest absolute Gasteiger partial charge is 0.493 e. The summed E-state index contributed by atoms with van der Waals surface area (Å²) in [5.41, 5.74) is 1.50. The maximum atomic E-state index is 12.1. The number of halogens is 2. The summed E-state index contributed by atoms with van der Waals surface area (Å²) >= 11 is 11.8. The number of amides is 2. The number of hydrogen-bond acceptors (Lipinski definition) is 5. The molecule has 1 heterocycles. The summed E-state index contributed by atoms with van der Waals surface area (Å²) in [5.74, 6) is -0.190. The summed E-state index contributed by atoms with van der Waals surface area (Å²) < 4.78 is 12.6. The number of hydrogen-bond donors (Lipinski definition) is 2. The molecule has 1 fully saturated rings. The zero-order valence-corrected chi connectivity index (χ0v) is 18.5. The van der Waals surface area contributed by atoms with Gasteiger partial charge < -0.3 is 9.47 Å². The summed E-state index contributed by atoms with van der Waals surface area (Å²) in [7, 11) is 1.51. The van der Waals surface area contributed by atoms with Gasteiger partial charge in [-0.1, -0.05) is 30.3 Å². The van der Waals surface area contributed by atoms with E-state index < -0.39 is 11.8 Å². The van der Waals surface area contributed by atoms with Gasteiger partial charge in [0.25, 0.3) is 11.8 Å². The van der Waals surface area contributed by atoms with Gasteiger partial charge in [-0.2, -0.15) is 0 Å². The van der Waals surface area contributed by atoms with Gasteiger partial charge in [-0.15, -0.1) is 0 Å². The topological polar surface area (TPSA) is 76.7 Å². The summed E-state index contributed by atoms with van der Waals surface area (Å²) in [6, 6.07) is 11.4. The van der Waals surface area contributed by atoms with Gasteiger partial charge in [0.2, 0.25) is 0 Å². The predicted octanol–water partition coefficient (Wildman–Crippen LogP) is 3.71. The van der Waals surface area contributed by atoms with Crippen LogP contribution in [0.1, 0.15) is 11.1 Å². The Kier molecular flexibility index (Phi) is 6.48. The molecule has 2 N–H and O–H groups in total. The summed E-state index contributed by atoms with van der Waals surface area (Å²) in [6.45, 7) is 0.352. The molecular weight excluding hydrogens is 512 g/mol. The third-order valence-corrected chi connectivity index (χ3v) is 6.19. The molecule has 2 aromatic rings. The zero-order chi connectivity index (χ0) is 20.3. The van der Waals surface area contributed by atoms with E-state index in [9.17, 15) is 9.59 Å². The Morgan fingerprint density at radius 2 is 1.71 bits per heavy atom. The number of rotatable bonds is 5. The highest BCUT2D eigenvalue weighted by Gasteiger charge is 2.27. The van der Waals surface area contributed by atoms with Gasteiger partial charge >= 0.3 is 0 Å². The molecule has 0 spiro atoms. The Morgan fingerprint density at radius 1 is 1.07 bits per heavy atom. The van der Waals surface area contributed by atoms with Crippen LogP contribution < -0.4 is 20.1 Å². The van der Waals surface area contributed by atoms with E-state index in [1.165, 1.54) is 13.2 Å². The fourth-order valence-electron chi connectivity index (χ4n) is 2.49. The van der Waals surface area contributed by atoms with Gasteiger partial charge in [0.1, 0.15) is 12.2 Å². The standard InChI is InChI=1S/C19H14Br2N2O4S/c1-26-13-8-11(7-12-17(24)22-19(28)23-18(12)25)14(20)15(21)16(13)27-9-10-5-3-2-4-6-10/h2-8H,9H2,1H3,(H2,22,23,24,25,28). The molecule has 2 aromatic carbocycles. The first kappa shape index (κ1) is 20.5. The highest BCUT2D eigenvalue weighted by Crippen LogP contribution is 2.43. The average molecular weight is 526 g/mol. The SMILES string of the molecule is COc1cc(C=C2C(=O)NC(=S)NC2=O)c(Br)c(Br)c1OCc1ccccc1. The van der Waals surface area contributed by atoms with Gasteiger partial charge in [0.15, 0.2) is 16.6 Å². The minimum absolute atomic E-state index is 0.0189. The summed E-state index contributed by atoms with van der Waals surface area (Å²) in [5, 5.41) is 4.78. The second-order valence-electron chi connectivity index (χ2n) is 5.69. The van der Waals surface area contributed by atoms with Crippen LogP contribution in [0.15, 0.2) is 50.9 Å². The van der Waals surface area contributed by atoms with Gasteiger partial charge in [0, 0.05) is 4.47 Å². The number of ether oxygens (including phenoxy) is 2. The molecule has 1 saturated heterocycles. The van der Waals surface area contributed by atoms with Crippen molar-refractivity contribution >= 4 is 67.1 Å². The molecule has 144 valence electrons. The smallest absolute Gasteiger partial charge is 0.263 e. The van der Waals surface area contributed by atoms with Crippen LogP contribution in [0.2, 0.25) is 0 Å². The van der Waals surface area contributed by atoms with Gasteiger partial charge in [0.05, 0.1) is 11.6 Å². The molecule has 3 rings (SSSR count). The highest BCUT2D eigenvalue weighted by atomic mass is 79.9. The van der Waals surface area contributed by atoms with Crippen molar-refractivity contribution < 1.29 is 19.1 Å². The Balaban J connectivity index is 1.95. The molecule has 9 heteroatoms. The van der Waals surface area contributed by atoms with Crippen LogP contribution in [0, 0.1) is 0 Å². The second kappa shape index (κ2) is 8.85. The quantitative estimate of drug-likeness (QED) is 0.353. The number of benzene rings is 2. The van der Waals surface area contributed by atoms with Crippen LogP contribution >= 0.6 is 44.1 Å². The third kappa shape index (κ3) is 4.43. The molecule has 0 aromatic heterocycles. The lowest BCUT2D eigenvalue weighted by Crippen LogP contribution is -2.51. The summed E-state index contributed by atoms with van der Waals surface area (Å²) in [4.78, 5) is 24.2. The maximum absolute atomic E-state index is 12.1. The van der Waals surface area contributed by atoms with Crippen LogP contribution in [0.5, 0.6) is 11.5 Å². The number of carbonyl (C=O) groups excluding carboxylic acids is 2. The van der Waals surface area contributed by atoms with E-state index in [0.29, 0.717) is 32.6 Å². The van der Waals surface area contributed by atoms with Crippen LogP contribution in [-0.2, 0) is 16.2 Å². The Labute approximate surface area is 183 Å². The van der Waals surface area contributed by atoms with E-state index >= 15 is 0 Å². The average Bonchev–Trinajstić information content (AvgIpc) is 2.67. The molecule has 2 amide bonds. The summed E-state index contributed by atoms with van der Waals surface area (Å²) in [6.07, 6.45) is 1.45. The maximum Gasteiger partial charge on any atom is 0.263 e. The van der Waals surface area contributed by atoms with E-state index in [2.05, 4.69) is 42.5 Å². The molecule has 0 bridgehead atoms. The monoisotopic (exact) mass is 524 g/mol. The Bertz CT molecular complexity index is 971. The lowest BCUT2D eigenvalue weighted by atomic mass is 10.1. The fraction of sp³-hybridized carbons (Fsp3) is 0.105. The van der Waals surface area contributed by atoms with Crippen molar-refractivity contribution in [1.29, 1.82) is 0 Å². The lowest BCUT2D eigenvalue weighted by Gasteiger charge is -2.18. The molecule has 0 unspecified atom stereocenters. The number of carbonyl (C=O) groups is 2. The van der Waals surface area contributed by atoms with Gasteiger partial charge in [-0.05, 0) is 67.3 Å². The predicted molar refractivity (Wildman–Crippen MR) is 116 cm³/mol. The van der Waals surface area contributed by atoms with Crippen LogP contribution in [-0.4, -0.2) is 24.0 Å². The molecule has 1 aliphatic heterocycles. The van der Waals surface area contributed by atoms with Crippen LogP contribution in [0.4, 0.5) is 0 Å². The first-order chi connectivity index (χ1) is 13.4. The first-order valence-corrected chi connectivity index (χ1v) is 10.0. The van der Waals surface area contributed by atoms with Crippen LogP contribution in [0.3, 0.4) is 0 Å². The second-order valence-corrected chi connectivity index (χ2v) is 7.69. The molecule has 1 aliphatic rings. The Hall–Kier alpha value is -2.23. The van der Waals surface area contributed by atoms with Crippen molar-refractivity contribution in [2.75, 3.05) is 7.11 Å². The van der Waals surface area contributed by atoms with Crippen LogP contribution in [0.25, 0.3) is 6.08 Å². The van der Waals surface area contributed by atoms with Crippen molar-refractivity contribution in [3.63, 3.8) is 0 Å². The third-order valence-electron chi connectivity index (χ3n) is 3.85. The van der Waals surface area contributed by atoms with E-state index in [4.69, 9.17) is 21.7 Å². The van der Waals surface area contributed by atoms with Crippen molar-refractivity contribution in [1.82, 2.24) is 10.6 Å². The van der Waals surface area contributed by atoms with E-state index in [1.807, 2.05) is 30.3 Å². The number of nitrogens with one attached hydrogen (secondary N) is 2. The van der Waals surface area contributed by atoms with Crippen molar-refractivity contribution in [2.45, 2.75) is 6.61 Å². The van der Waals surface area contributed by atoms with Gasteiger partial charge in [-0.25, -0.2) is 0 Å². The number of thiocarbonyl (C=S) groups is 1. The van der Waals surface area contributed by atoms with Crippen molar-refractivity contribution in [3.8, 4) is 11.5 Å². The molecule has 0 saturated carbocycles. The number of methoxy groups -OCH3 is 1. The molecule has 6 nitrogen and oxygen atoms in total. The van der Waals surface area contributed by atoms with Crippen molar-refractivity contribution in [3.05, 3.63) is 62.0 Å². The molecule has 0 radical (unpaired) electrons.